The highest BCUT2D eigenvalue weighted by Gasteiger charge is 2.01. The summed E-state index contributed by atoms with van der Waals surface area (Å²) in [5, 5.41) is 7.73. The summed E-state index contributed by atoms with van der Waals surface area (Å²) in [6, 6.07) is 10.7. The Morgan fingerprint density at radius 3 is 2.47 bits per heavy atom. The summed E-state index contributed by atoms with van der Waals surface area (Å²) in [5.74, 6) is 0. The van der Waals surface area contributed by atoms with Crippen molar-refractivity contribution in [2.45, 2.75) is 26.8 Å². The summed E-state index contributed by atoms with van der Waals surface area (Å²) in [5.41, 5.74) is 4.78. The van der Waals surface area contributed by atoms with E-state index < -0.39 is 0 Å². The van der Waals surface area contributed by atoms with Gasteiger partial charge in [-0.2, -0.15) is 5.10 Å². The monoisotopic (exact) mass is 229 g/mol. The molecule has 0 amide bonds. The zero-order valence-electron chi connectivity index (χ0n) is 10.7. The highest BCUT2D eigenvalue weighted by molar-refractivity contribution is 5.44. The minimum atomic E-state index is 0.808. The molecule has 2 aromatic rings. The Hall–Kier alpha value is -1.77. The number of aryl methyl sites for hydroxylation is 3. The van der Waals surface area contributed by atoms with E-state index >= 15 is 0 Å². The molecule has 17 heavy (non-hydrogen) atoms. The van der Waals surface area contributed by atoms with E-state index in [1.807, 2.05) is 18.7 Å². The fourth-order valence-corrected chi connectivity index (χ4v) is 1.88. The Labute approximate surface area is 102 Å². The second-order valence-corrected chi connectivity index (χ2v) is 4.30. The molecule has 0 aliphatic heterocycles. The number of aromatic nitrogens is 2. The lowest BCUT2D eigenvalue weighted by Crippen LogP contribution is -2.05. The van der Waals surface area contributed by atoms with Crippen LogP contribution < -0.4 is 5.32 Å². The molecule has 0 aliphatic carbocycles. The molecular formula is C14H19N3. The van der Waals surface area contributed by atoms with Crippen LogP contribution in [-0.4, -0.2) is 9.78 Å². The number of nitrogens with one attached hydrogen (secondary N) is 1. The summed E-state index contributed by atoms with van der Waals surface area (Å²) in [4.78, 5) is 0. The molecule has 0 fully saturated rings. The van der Waals surface area contributed by atoms with Crippen molar-refractivity contribution in [1.82, 2.24) is 9.78 Å². The van der Waals surface area contributed by atoms with E-state index in [-0.39, 0.29) is 0 Å². The summed E-state index contributed by atoms with van der Waals surface area (Å²) in [6.45, 7) is 4.99. The molecule has 1 N–H and O–H groups in total. The van der Waals surface area contributed by atoms with Crippen molar-refractivity contribution in [2.24, 2.45) is 7.05 Å². The van der Waals surface area contributed by atoms with Crippen molar-refractivity contribution in [3.63, 3.8) is 0 Å². The van der Waals surface area contributed by atoms with E-state index in [4.69, 9.17) is 0 Å². The molecule has 0 aliphatic rings. The highest BCUT2D eigenvalue weighted by atomic mass is 15.3. The third-order valence-electron chi connectivity index (χ3n) is 2.93. The van der Waals surface area contributed by atoms with E-state index in [1.165, 1.54) is 11.3 Å². The SMILES string of the molecule is CCc1ccc(NCc2cc(C)nn2C)cc1. The van der Waals surface area contributed by atoms with Gasteiger partial charge in [0.1, 0.15) is 0 Å². The Morgan fingerprint density at radius 1 is 1.24 bits per heavy atom. The Balaban J connectivity index is 1.99. The van der Waals surface area contributed by atoms with Crippen LogP contribution in [0, 0.1) is 6.92 Å². The molecule has 0 unspecified atom stereocenters. The van der Waals surface area contributed by atoms with Crippen LogP contribution in [0.3, 0.4) is 0 Å². The number of benzene rings is 1. The normalized spacial score (nSPS) is 10.5. The average Bonchev–Trinajstić information content (AvgIpc) is 2.66. The van der Waals surface area contributed by atoms with Gasteiger partial charge in [-0.15, -0.1) is 0 Å². The molecule has 1 aromatic carbocycles. The summed E-state index contributed by atoms with van der Waals surface area (Å²) in [7, 11) is 1.98. The van der Waals surface area contributed by atoms with E-state index in [1.54, 1.807) is 0 Å². The van der Waals surface area contributed by atoms with Crippen LogP contribution in [0.1, 0.15) is 23.9 Å². The van der Waals surface area contributed by atoms with Gasteiger partial charge in [-0.3, -0.25) is 4.68 Å². The van der Waals surface area contributed by atoms with Gasteiger partial charge in [0.25, 0.3) is 0 Å². The number of rotatable bonds is 4. The molecule has 0 radical (unpaired) electrons. The second kappa shape index (κ2) is 5.04. The molecule has 0 atom stereocenters. The molecule has 1 heterocycles. The smallest absolute Gasteiger partial charge is 0.0597 e. The minimum Gasteiger partial charge on any atom is -0.379 e. The van der Waals surface area contributed by atoms with Gasteiger partial charge in [-0.05, 0) is 37.1 Å². The van der Waals surface area contributed by atoms with Crippen LogP contribution in [0.5, 0.6) is 0 Å². The number of hydrogen-bond acceptors (Lipinski definition) is 2. The molecule has 0 bridgehead atoms. The van der Waals surface area contributed by atoms with Gasteiger partial charge < -0.3 is 5.32 Å². The quantitative estimate of drug-likeness (QED) is 0.873. The fraction of sp³-hybridized carbons (Fsp3) is 0.357. The Morgan fingerprint density at radius 2 is 1.94 bits per heavy atom. The van der Waals surface area contributed by atoms with Crippen molar-refractivity contribution in [2.75, 3.05) is 5.32 Å². The topological polar surface area (TPSA) is 29.9 Å². The molecule has 3 nitrogen and oxygen atoms in total. The first-order chi connectivity index (χ1) is 8.19. The molecule has 90 valence electrons. The van der Waals surface area contributed by atoms with Crippen molar-refractivity contribution < 1.29 is 0 Å². The molecule has 2 rings (SSSR count). The average molecular weight is 229 g/mol. The summed E-state index contributed by atoms with van der Waals surface area (Å²) in [6.07, 6.45) is 1.08. The Bertz CT molecular complexity index is 483. The van der Waals surface area contributed by atoms with Crippen LogP contribution >= 0.6 is 0 Å². The van der Waals surface area contributed by atoms with E-state index in [0.717, 1.165) is 24.3 Å². The molecule has 1 aromatic heterocycles. The van der Waals surface area contributed by atoms with Crippen LogP contribution in [0.15, 0.2) is 30.3 Å². The van der Waals surface area contributed by atoms with Gasteiger partial charge in [-0.1, -0.05) is 19.1 Å². The predicted octanol–water partition coefficient (Wildman–Crippen LogP) is 2.90. The van der Waals surface area contributed by atoms with E-state index in [2.05, 4.69) is 47.7 Å². The van der Waals surface area contributed by atoms with E-state index in [9.17, 15) is 0 Å². The van der Waals surface area contributed by atoms with Crippen LogP contribution in [0.4, 0.5) is 5.69 Å². The van der Waals surface area contributed by atoms with Gasteiger partial charge in [0, 0.05) is 12.7 Å². The first-order valence-corrected chi connectivity index (χ1v) is 6.01. The van der Waals surface area contributed by atoms with Gasteiger partial charge >= 0.3 is 0 Å². The molecule has 0 saturated heterocycles. The van der Waals surface area contributed by atoms with Gasteiger partial charge in [0.15, 0.2) is 0 Å². The van der Waals surface area contributed by atoms with Crippen LogP contribution in [0.25, 0.3) is 0 Å². The lowest BCUT2D eigenvalue weighted by atomic mass is 10.1. The first kappa shape index (κ1) is 11.7. The van der Waals surface area contributed by atoms with Crippen molar-refractivity contribution >= 4 is 5.69 Å². The molecular weight excluding hydrogens is 210 g/mol. The number of anilines is 1. The number of nitrogens with zero attached hydrogens (tertiary/aromatic N) is 2. The van der Waals surface area contributed by atoms with Gasteiger partial charge in [0.2, 0.25) is 0 Å². The molecule has 0 spiro atoms. The third-order valence-corrected chi connectivity index (χ3v) is 2.93. The highest BCUT2D eigenvalue weighted by Crippen LogP contribution is 2.11. The largest absolute Gasteiger partial charge is 0.379 e. The summed E-state index contributed by atoms with van der Waals surface area (Å²) < 4.78 is 1.92. The minimum absolute atomic E-state index is 0.808. The van der Waals surface area contributed by atoms with E-state index in [0.29, 0.717) is 0 Å². The first-order valence-electron chi connectivity index (χ1n) is 6.01. The lowest BCUT2D eigenvalue weighted by Gasteiger charge is -2.07. The van der Waals surface area contributed by atoms with Crippen molar-refractivity contribution in [1.29, 1.82) is 0 Å². The fourth-order valence-electron chi connectivity index (χ4n) is 1.88. The maximum atomic E-state index is 4.33. The van der Waals surface area contributed by atoms with Crippen molar-refractivity contribution in [3.8, 4) is 0 Å². The second-order valence-electron chi connectivity index (χ2n) is 4.30. The lowest BCUT2D eigenvalue weighted by molar-refractivity contribution is 0.713. The zero-order valence-corrected chi connectivity index (χ0v) is 10.7. The standard InChI is InChI=1S/C14H19N3/c1-4-12-5-7-13(8-6-12)15-10-14-9-11(2)16-17(14)3/h5-9,15H,4,10H2,1-3H3. The maximum Gasteiger partial charge on any atom is 0.0597 e. The van der Waals surface area contributed by atoms with Crippen LogP contribution in [0.2, 0.25) is 0 Å². The third kappa shape index (κ3) is 2.87. The van der Waals surface area contributed by atoms with Crippen LogP contribution in [-0.2, 0) is 20.0 Å². The zero-order chi connectivity index (χ0) is 12.3. The maximum absolute atomic E-state index is 4.33. The Kier molecular flexibility index (Phi) is 3.47. The van der Waals surface area contributed by atoms with Gasteiger partial charge in [-0.25, -0.2) is 0 Å². The predicted molar refractivity (Wildman–Crippen MR) is 71.1 cm³/mol. The summed E-state index contributed by atoms with van der Waals surface area (Å²) >= 11 is 0. The van der Waals surface area contributed by atoms with Crippen molar-refractivity contribution in [3.05, 3.63) is 47.3 Å². The molecule has 3 heteroatoms. The number of hydrogen-bond donors (Lipinski definition) is 1. The van der Waals surface area contributed by atoms with Gasteiger partial charge in [0.05, 0.1) is 17.9 Å². The molecule has 0 saturated carbocycles.